The van der Waals surface area contributed by atoms with Crippen molar-refractivity contribution in [1.82, 2.24) is 9.55 Å². The van der Waals surface area contributed by atoms with Gasteiger partial charge < -0.3 is 10.5 Å². The fourth-order valence-electron chi connectivity index (χ4n) is 2.18. The molecule has 4 nitrogen and oxygen atoms in total. The van der Waals surface area contributed by atoms with Gasteiger partial charge in [-0.05, 0) is 12.8 Å². The maximum absolute atomic E-state index is 6.30. The molecule has 0 spiro atoms. The number of fused-ring (bicyclic) bond motifs is 1. The first-order valence-electron chi connectivity index (χ1n) is 4.92. The molecule has 0 saturated heterocycles. The smallest absolute Gasteiger partial charge is 0.214 e. The lowest BCUT2D eigenvalue weighted by Gasteiger charge is -2.22. The van der Waals surface area contributed by atoms with Crippen molar-refractivity contribution in [3.8, 4) is 5.88 Å². The summed E-state index contributed by atoms with van der Waals surface area (Å²) in [6.07, 6.45) is 7.77. The zero-order chi connectivity index (χ0) is 9.60. The van der Waals surface area contributed by atoms with Gasteiger partial charge in [-0.2, -0.15) is 0 Å². The molecule has 0 amide bonds. The van der Waals surface area contributed by atoms with E-state index in [0.717, 1.165) is 37.7 Å². The molecule has 1 aromatic rings. The van der Waals surface area contributed by atoms with Crippen LogP contribution >= 0.6 is 0 Å². The predicted octanol–water partition coefficient (Wildman–Crippen LogP) is 0.779. The number of nitrogens with two attached hydrogens (primary N) is 1. The topological polar surface area (TPSA) is 53.1 Å². The molecule has 4 heteroatoms. The summed E-state index contributed by atoms with van der Waals surface area (Å²) in [5.74, 6) is 1.83. The third kappa shape index (κ3) is 0.944. The molecular formula is C10H13N3O. The molecule has 0 aromatic carbocycles. The van der Waals surface area contributed by atoms with Crippen molar-refractivity contribution < 1.29 is 4.74 Å². The van der Waals surface area contributed by atoms with Crippen molar-refractivity contribution in [3.63, 3.8) is 0 Å². The maximum atomic E-state index is 6.30. The summed E-state index contributed by atoms with van der Waals surface area (Å²) in [4.78, 5) is 4.36. The molecule has 0 bridgehead atoms. The summed E-state index contributed by atoms with van der Waals surface area (Å²) in [5, 5.41) is 0. The van der Waals surface area contributed by atoms with Crippen molar-refractivity contribution in [2.75, 3.05) is 6.61 Å². The number of ether oxygens (including phenoxy) is 1. The van der Waals surface area contributed by atoms with E-state index in [4.69, 9.17) is 10.5 Å². The highest BCUT2D eigenvalue weighted by Crippen LogP contribution is 2.34. The SMILES string of the molecule is NC1(c2ncc3n2CCO3)CC=CC1. The second kappa shape index (κ2) is 2.60. The van der Waals surface area contributed by atoms with E-state index >= 15 is 0 Å². The minimum atomic E-state index is -0.300. The summed E-state index contributed by atoms with van der Waals surface area (Å²) in [5.41, 5.74) is 6.00. The maximum Gasteiger partial charge on any atom is 0.214 e. The zero-order valence-corrected chi connectivity index (χ0v) is 7.94. The van der Waals surface area contributed by atoms with E-state index < -0.39 is 0 Å². The third-order valence-corrected chi connectivity index (χ3v) is 2.96. The Morgan fingerprint density at radius 1 is 1.43 bits per heavy atom. The van der Waals surface area contributed by atoms with E-state index in [1.54, 1.807) is 6.20 Å². The summed E-state index contributed by atoms with van der Waals surface area (Å²) in [7, 11) is 0. The standard InChI is InChI=1S/C10H13N3O/c11-10(3-1-2-4-10)9-12-7-8-13(9)5-6-14-8/h1-2,7H,3-6,11H2. The van der Waals surface area contributed by atoms with Crippen LogP contribution in [0.15, 0.2) is 18.3 Å². The van der Waals surface area contributed by atoms with E-state index in [1.165, 1.54) is 0 Å². The molecule has 0 radical (unpaired) electrons. The molecule has 2 heterocycles. The summed E-state index contributed by atoms with van der Waals surface area (Å²) >= 11 is 0. The number of hydrogen-bond acceptors (Lipinski definition) is 3. The Morgan fingerprint density at radius 3 is 3.00 bits per heavy atom. The summed E-state index contributed by atoms with van der Waals surface area (Å²) in [6, 6.07) is 0. The van der Waals surface area contributed by atoms with Gasteiger partial charge in [0.1, 0.15) is 12.4 Å². The molecule has 0 fully saturated rings. The van der Waals surface area contributed by atoms with Crippen LogP contribution in [0.3, 0.4) is 0 Å². The molecule has 0 atom stereocenters. The fraction of sp³-hybridized carbons (Fsp3) is 0.500. The van der Waals surface area contributed by atoms with E-state index in [2.05, 4.69) is 21.7 Å². The van der Waals surface area contributed by atoms with E-state index in [-0.39, 0.29) is 5.54 Å². The normalized spacial score (nSPS) is 22.4. The van der Waals surface area contributed by atoms with Gasteiger partial charge in [0.15, 0.2) is 0 Å². The molecule has 2 N–H and O–H groups in total. The van der Waals surface area contributed by atoms with Crippen LogP contribution in [0.2, 0.25) is 0 Å². The molecule has 1 aliphatic carbocycles. The highest BCUT2D eigenvalue weighted by Gasteiger charge is 2.34. The van der Waals surface area contributed by atoms with Crippen molar-refractivity contribution in [2.45, 2.75) is 24.9 Å². The predicted molar refractivity (Wildman–Crippen MR) is 52.0 cm³/mol. The van der Waals surface area contributed by atoms with Crippen LogP contribution in [-0.2, 0) is 12.1 Å². The van der Waals surface area contributed by atoms with E-state index in [1.807, 2.05) is 0 Å². The number of nitrogens with zero attached hydrogens (tertiary/aromatic N) is 2. The van der Waals surface area contributed by atoms with Gasteiger partial charge in [0, 0.05) is 0 Å². The highest BCUT2D eigenvalue weighted by atomic mass is 16.5. The van der Waals surface area contributed by atoms with Crippen LogP contribution in [-0.4, -0.2) is 16.2 Å². The lowest BCUT2D eigenvalue weighted by atomic mass is 9.97. The van der Waals surface area contributed by atoms with Gasteiger partial charge in [0.05, 0.1) is 18.3 Å². The highest BCUT2D eigenvalue weighted by molar-refractivity contribution is 5.24. The summed E-state index contributed by atoms with van der Waals surface area (Å²) < 4.78 is 7.50. The first kappa shape index (κ1) is 8.05. The van der Waals surface area contributed by atoms with Gasteiger partial charge in [0.25, 0.3) is 0 Å². The zero-order valence-electron chi connectivity index (χ0n) is 7.94. The Kier molecular flexibility index (Phi) is 1.50. The molecular weight excluding hydrogens is 178 g/mol. The van der Waals surface area contributed by atoms with Crippen LogP contribution in [0.4, 0.5) is 0 Å². The van der Waals surface area contributed by atoms with Crippen LogP contribution < -0.4 is 10.5 Å². The Morgan fingerprint density at radius 2 is 2.21 bits per heavy atom. The van der Waals surface area contributed by atoms with Crippen molar-refractivity contribution in [1.29, 1.82) is 0 Å². The number of imidazole rings is 1. The second-order valence-electron chi connectivity index (χ2n) is 3.96. The van der Waals surface area contributed by atoms with Gasteiger partial charge >= 0.3 is 0 Å². The van der Waals surface area contributed by atoms with Crippen molar-refractivity contribution in [3.05, 3.63) is 24.2 Å². The third-order valence-electron chi connectivity index (χ3n) is 2.96. The van der Waals surface area contributed by atoms with E-state index in [0.29, 0.717) is 0 Å². The summed E-state index contributed by atoms with van der Waals surface area (Å²) in [6.45, 7) is 1.62. The number of aromatic nitrogens is 2. The Bertz CT molecular complexity index is 386. The molecule has 74 valence electrons. The quantitative estimate of drug-likeness (QED) is 0.667. The monoisotopic (exact) mass is 191 g/mol. The van der Waals surface area contributed by atoms with Crippen LogP contribution in [0.1, 0.15) is 18.7 Å². The second-order valence-corrected chi connectivity index (χ2v) is 3.96. The van der Waals surface area contributed by atoms with Gasteiger partial charge in [0.2, 0.25) is 5.88 Å². The number of hydrogen-bond donors (Lipinski definition) is 1. The molecule has 0 saturated carbocycles. The van der Waals surface area contributed by atoms with Crippen molar-refractivity contribution in [2.24, 2.45) is 5.73 Å². The Labute approximate surface area is 82.4 Å². The molecule has 1 aromatic heterocycles. The Hall–Kier alpha value is -1.29. The molecule has 14 heavy (non-hydrogen) atoms. The molecule has 2 aliphatic rings. The van der Waals surface area contributed by atoms with Gasteiger partial charge in [-0.3, -0.25) is 4.57 Å². The average molecular weight is 191 g/mol. The number of rotatable bonds is 1. The largest absolute Gasteiger partial charge is 0.476 e. The molecule has 0 unspecified atom stereocenters. The minimum absolute atomic E-state index is 0.300. The minimum Gasteiger partial charge on any atom is -0.476 e. The van der Waals surface area contributed by atoms with E-state index in [9.17, 15) is 0 Å². The Balaban J connectivity index is 2.04. The molecule has 3 rings (SSSR count). The fourth-order valence-corrected chi connectivity index (χ4v) is 2.18. The first-order valence-corrected chi connectivity index (χ1v) is 4.92. The van der Waals surface area contributed by atoms with Crippen LogP contribution in [0, 0.1) is 0 Å². The molecule has 1 aliphatic heterocycles. The lowest BCUT2D eigenvalue weighted by molar-refractivity contribution is 0.355. The average Bonchev–Trinajstić information content (AvgIpc) is 2.76. The van der Waals surface area contributed by atoms with Crippen LogP contribution in [0.5, 0.6) is 5.88 Å². The first-order chi connectivity index (χ1) is 6.80. The van der Waals surface area contributed by atoms with Gasteiger partial charge in [-0.1, -0.05) is 12.2 Å². The lowest BCUT2D eigenvalue weighted by Crippen LogP contribution is -2.36. The van der Waals surface area contributed by atoms with Gasteiger partial charge in [-0.15, -0.1) is 0 Å². The van der Waals surface area contributed by atoms with Crippen LogP contribution in [0.25, 0.3) is 0 Å². The van der Waals surface area contributed by atoms with Crippen molar-refractivity contribution >= 4 is 0 Å². The van der Waals surface area contributed by atoms with Gasteiger partial charge in [-0.25, -0.2) is 4.98 Å².